The molecule has 0 bridgehead atoms. The Morgan fingerprint density at radius 2 is 1.91 bits per heavy atom. The van der Waals surface area contributed by atoms with Gasteiger partial charge in [-0.25, -0.2) is 4.98 Å². The van der Waals surface area contributed by atoms with Gasteiger partial charge in [0, 0.05) is 16.1 Å². The molecule has 35 heavy (non-hydrogen) atoms. The lowest BCUT2D eigenvalue weighted by molar-refractivity contribution is -0.127. The molecule has 0 aliphatic rings. The van der Waals surface area contributed by atoms with E-state index in [4.69, 9.17) is 11.5 Å². The fraction of sp³-hybridized carbons (Fsp3) is 0.240. The third-order valence-corrected chi connectivity index (χ3v) is 6.96. The number of imidazole rings is 1. The highest BCUT2D eigenvalue weighted by Crippen LogP contribution is 2.35. The van der Waals surface area contributed by atoms with Crippen LogP contribution >= 0.6 is 11.3 Å². The van der Waals surface area contributed by atoms with Gasteiger partial charge in [0.2, 0.25) is 5.91 Å². The summed E-state index contributed by atoms with van der Waals surface area (Å²) in [7, 11) is 0. The Labute approximate surface area is 206 Å². The minimum Gasteiger partial charge on any atom is -0.381 e. The van der Waals surface area contributed by atoms with Crippen molar-refractivity contribution in [3.63, 3.8) is 0 Å². The third kappa shape index (κ3) is 5.04. The zero-order valence-corrected chi connectivity index (χ0v) is 20.3. The van der Waals surface area contributed by atoms with Crippen LogP contribution in [0.25, 0.3) is 22.2 Å². The lowest BCUT2D eigenvalue weighted by Crippen LogP contribution is -2.42. The van der Waals surface area contributed by atoms with Crippen molar-refractivity contribution >= 4 is 45.8 Å². The predicted octanol–water partition coefficient (Wildman–Crippen LogP) is 3.36. The number of carbonyl (C=O) groups excluding carboxylic acids is 2. The van der Waals surface area contributed by atoms with Gasteiger partial charge in [-0.1, -0.05) is 32.0 Å². The number of amides is 2. The number of carbonyl (C=O) groups is 2. The lowest BCUT2D eigenvalue weighted by Gasteiger charge is -2.32. The number of hydrogen-bond acceptors (Lipinski definition) is 7. The van der Waals surface area contributed by atoms with Gasteiger partial charge in [-0.05, 0) is 59.9 Å². The molecular weight excluding hydrogens is 464 g/mol. The average molecular weight is 493 g/mol. The van der Waals surface area contributed by atoms with E-state index in [9.17, 15) is 14.7 Å². The van der Waals surface area contributed by atoms with Crippen molar-refractivity contribution in [2.45, 2.75) is 26.0 Å². The van der Waals surface area contributed by atoms with E-state index in [2.05, 4.69) is 15.3 Å². The van der Waals surface area contributed by atoms with Gasteiger partial charge in [-0.15, -0.1) is 11.3 Å². The topological polar surface area (TPSA) is 150 Å². The summed E-state index contributed by atoms with van der Waals surface area (Å²) in [6.45, 7) is 5.23. The second-order valence-corrected chi connectivity index (χ2v) is 9.04. The van der Waals surface area contributed by atoms with Gasteiger partial charge in [0.1, 0.15) is 0 Å². The number of rotatable bonds is 9. The molecule has 0 radical (unpaired) electrons. The molecule has 7 N–H and O–H groups in total. The molecule has 2 unspecified atom stereocenters. The molecule has 2 aromatic carbocycles. The summed E-state index contributed by atoms with van der Waals surface area (Å²) in [4.78, 5) is 34.9. The number of anilines is 2. The van der Waals surface area contributed by atoms with Gasteiger partial charge < -0.3 is 26.9 Å². The standard InChI is InChI=1S/C25H28N6O3S/c1-3-31(4-2)21(20-11-14(13-35-20)16-7-5-6-8-17(16)23(26)33)22(32)24(34)28-15-9-10-18-19(12-15)30-25(27)29-18/h5-13,21-22,32H,3-4H2,1-2H3,(H2,26,33)(H,28,34)(H3,27,29,30). The number of nitrogens with zero attached hydrogens (tertiary/aromatic N) is 2. The van der Waals surface area contributed by atoms with Crippen LogP contribution in [0.1, 0.15) is 35.1 Å². The number of aliphatic hydroxyl groups excluding tert-OH is 1. The SMILES string of the molecule is CCN(CC)C(c1cc(-c2ccccc2C(N)=O)cs1)C(O)C(=O)Nc1ccc2nc(N)[nH]c2c1. The van der Waals surface area contributed by atoms with Gasteiger partial charge in [0.05, 0.1) is 17.1 Å². The van der Waals surface area contributed by atoms with E-state index in [1.165, 1.54) is 11.3 Å². The molecule has 2 heterocycles. The van der Waals surface area contributed by atoms with Crippen molar-refractivity contribution in [1.82, 2.24) is 14.9 Å². The van der Waals surface area contributed by atoms with E-state index in [0.717, 1.165) is 10.4 Å². The summed E-state index contributed by atoms with van der Waals surface area (Å²) >= 11 is 1.43. The normalized spacial score (nSPS) is 13.1. The van der Waals surface area contributed by atoms with Crippen LogP contribution in [-0.4, -0.2) is 51.0 Å². The van der Waals surface area contributed by atoms with Gasteiger partial charge in [-0.3, -0.25) is 14.5 Å². The summed E-state index contributed by atoms with van der Waals surface area (Å²) in [6.07, 6.45) is -1.34. The van der Waals surface area contributed by atoms with Crippen LogP contribution < -0.4 is 16.8 Å². The number of H-pyrrole nitrogens is 1. The zero-order chi connectivity index (χ0) is 25.1. The molecule has 2 amide bonds. The summed E-state index contributed by atoms with van der Waals surface area (Å²) in [5.74, 6) is -0.748. The Balaban J connectivity index is 1.63. The molecule has 10 heteroatoms. The number of aromatic amines is 1. The number of nitrogen functional groups attached to an aromatic ring is 1. The number of aromatic nitrogens is 2. The molecule has 0 saturated heterocycles. The fourth-order valence-corrected chi connectivity index (χ4v) is 5.29. The Morgan fingerprint density at radius 1 is 1.17 bits per heavy atom. The summed E-state index contributed by atoms with van der Waals surface area (Å²) in [5, 5.41) is 15.9. The van der Waals surface area contributed by atoms with Gasteiger partial charge in [-0.2, -0.15) is 0 Å². The highest BCUT2D eigenvalue weighted by atomic mass is 32.1. The quantitative estimate of drug-likeness (QED) is 0.242. The number of benzene rings is 2. The van der Waals surface area contributed by atoms with E-state index in [0.29, 0.717) is 40.9 Å². The Kier molecular flexibility index (Phi) is 7.15. The highest BCUT2D eigenvalue weighted by molar-refractivity contribution is 7.10. The number of nitrogens with two attached hydrogens (primary N) is 2. The number of nitrogens with one attached hydrogen (secondary N) is 2. The van der Waals surface area contributed by atoms with Crippen molar-refractivity contribution in [2.75, 3.05) is 24.1 Å². The van der Waals surface area contributed by atoms with Crippen LogP contribution in [0.3, 0.4) is 0 Å². The average Bonchev–Trinajstić information content (AvgIpc) is 3.47. The van der Waals surface area contributed by atoms with Crippen molar-refractivity contribution in [3.8, 4) is 11.1 Å². The Bertz CT molecular complexity index is 1360. The summed E-state index contributed by atoms with van der Waals surface area (Å²) in [5.41, 5.74) is 15.1. The first-order chi connectivity index (χ1) is 16.8. The number of fused-ring (bicyclic) bond motifs is 1. The molecule has 4 aromatic rings. The maximum atomic E-state index is 13.1. The molecule has 9 nitrogen and oxygen atoms in total. The van der Waals surface area contributed by atoms with Gasteiger partial charge in [0.25, 0.3) is 5.91 Å². The predicted molar refractivity (Wildman–Crippen MR) is 139 cm³/mol. The molecule has 4 rings (SSSR count). The first kappa shape index (κ1) is 24.4. The fourth-order valence-electron chi connectivity index (χ4n) is 4.22. The lowest BCUT2D eigenvalue weighted by atomic mass is 9.99. The second-order valence-electron chi connectivity index (χ2n) is 8.10. The minimum atomic E-state index is -1.34. The number of likely N-dealkylation sites (N-methyl/N-ethyl adjacent to an activating group) is 1. The van der Waals surface area contributed by atoms with Crippen molar-refractivity contribution in [2.24, 2.45) is 5.73 Å². The van der Waals surface area contributed by atoms with Crippen LogP contribution in [-0.2, 0) is 4.79 Å². The number of primary amides is 1. The summed E-state index contributed by atoms with van der Waals surface area (Å²) in [6, 6.07) is 13.6. The van der Waals surface area contributed by atoms with E-state index in [1.807, 2.05) is 42.3 Å². The van der Waals surface area contributed by atoms with E-state index in [-0.39, 0.29) is 5.95 Å². The van der Waals surface area contributed by atoms with Crippen molar-refractivity contribution in [1.29, 1.82) is 0 Å². The first-order valence-corrected chi connectivity index (χ1v) is 12.2. The molecular formula is C25H28N6O3S. The highest BCUT2D eigenvalue weighted by Gasteiger charge is 2.33. The molecule has 2 aromatic heterocycles. The second kappa shape index (κ2) is 10.3. The molecule has 0 spiro atoms. The third-order valence-electron chi connectivity index (χ3n) is 5.96. The molecule has 0 aliphatic heterocycles. The number of thiophene rings is 1. The van der Waals surface area contributed by atoms with Crippen LogP contribution in [0.2, 0.25) is 0 Å². The monoisotopic (exact) mass is 492 g/mol. The molecule has 0 fully saturated rings. The van der Waals surface area contributed by atoms with Gasteiger partial charge in [0.15, 0.2) is 12.1 Å². The summed E-state index contributed by atoms with van der Waals surface area (Å²) < 4.78 is 0. The first-order valence-electron chi connectivity index (χ1n) is 11.3. The zero-order valence-electron chi connectivity index (χ0n) is 19.5. The minimum absolute atomic E-state index is 0.288. The van der Waals surface area contributed by atoms with Crippen LogP contribution in [0.15, 0.2) is 53.9 Å². The van der Waals surface area contributed by atoms with Crippen molar-refractivity contribution < 1.29 is 14.7 Å². The largest absolute Gasteiger partial charge is 0.381 e. The van der Waals surface area contributed by atoms with E-state index >= 15 is 0 Å². The number of aliphatic hydroxyl groups is 1. The van der Waals surface area contributed by atoms with Crippen molar-refractivity contribution in [3.05, 3.63) is 64.4 Å². The Hall–Kier alpha value is -3.73. The molecule has 0 aliphatic carbocycles. The maximum Gasteiger partial charge on any atom is 0.255 e. The van der Waals surface area contributed by atoms with Crippen LogP contribution in [0, 0.1) is 0 Å². The molecule has 2 atom stereocenters. The molecule has 182 valence electrons. The van der Waals surface area contributed by atoms with Crippen LogP contribution in [0.4, 0.5) is 11.6 Å². The van der Waals surface area contributed by atoms with Crippen LogP contribution in [0.5, 0.6) is 0 Å². The number of hydrogen-bond donors (Lipinski definition) is 5. The van der Waals surface area contributed by atoms with E-state index in [1.54, 1.807) is 30.3 Å². The van der Waals surface area contributed by atoms with Gasteiger partial charge >= 0.3 is 0 Å². The Morgan fingerprint density at radius 3 is 2.63 bits per heavy atom. The van der Waals surface area contributed by atoms with E-state index < -0.39 is 24.0 Å². The smallest absolute Gasteiger partial charge is 0.255 e. The molecule has 0 saturated carbocycles. The maximum absolute atomic E-state index is 13.1.